The molecule has 4 heteroatoms. The van der Waals surface area contributed by atoms with Gasteiger partial charge in [0.05, 0.1) is 5.69 Å². The number of oxazole rings is 1. The maximum atomic E-state index is 5.74. The molecule has 20 heavy (non-hydrogen) atoms. The molecule has 0 bridgehead atoms. The van der Waals surface area contributed by atoms with E-state index in [2.05, 4.69) is 22.1 Å². The van der Waals surface area contributed by atoms with Crippen molar-refractivity contribution in [1.29, 1.82) is 0 Å². The molecule has 1 unspecified atom stereocenters. The SMILES string of the molecule is CCCNCc1coc(N2CCCC2C2CCCC2)n1. The van der Waals surface area contributed by atoms with Gasteiger partial charge in [0, 0.05) is 19.1 Å². The molecule has 1 aromatic heterocycles. The van der Waals surface area contributed by atoms with E-state index < -0.39 is 0 Å². The minimum Gasteiger partial charge on any atom is -0.432 e. The molecule has 0 radical (unpaired) electrons. The first kappa shape index (κ1) is 13.9. The van der Waals surface area contributed by atoms with Gasteiger partial charge in [-0.25, -0.2) is 0 Å². The lowest BCUT2D eigenvalue weighted by atomic mass is 9.96. The summed E-state index contributed by atoms with van der Waals surface area (Å²) in [6, 6.07) is 1.53. The summed E-state index contributed by atoms with van der Waals surface area (Å²) in [6.07, 6.45) is 11.2. The maximum absolute atomic E-state index is 5.74. The molecule has 4 nitrogen and oxygen atoms in total. The molecule has 2 heterocycles. The van der Waals surface area contributed by atoms with Crippen molar-refractivity contribution in [3.05, 3.63) is 12.0 Å². The molecule has 1 aliphatic carbocycles. The number of anilines is 1. The smallest absolute Gasteiger partial charge is 0.297 e. The molecule has 3 rings (SSSR count). The Bertz CT molecular complexity index is 412. The Morgan fingerprint density at radius 3 is 2.95 bits per heavy atom. The zero-order valence-electron chi connectivity index (χ0n) is 12.6. The first-order valence-electron chi connectivity index (χ1n) is 8.30. The lowest BCUT2D eigenvalue weighted by molar-refractivity contribution is 0.409. The van der Waals surface area contributed by atoms with Crippen molar-refractivity contribution in [3.63, 3.8) is 0 Å². The van der Waals surface area contributed by atoms with Crippen LogP contribution in [-0.4, -0.2) is 24.1 Å². The second kappa shape index (κ2) is 6.61. The molecule has 1 aromatic rings. The molecular formula is C16H27N3O. The molecule has 0 spiro atoms. The predicted molar refractivity (Wildman–Crippen MR) is 80.8 cm³/mol. The van der Waals surface area contributed by atoms with E-state index in [4.69, 9.17) is 4.42 Å². The van der Waals surface area contributed by atoms with Crippen LogP contribution in [0.3, 0.4) is 0 Å². The van der Waals surface area contributed by atoms with Gasteiger partial charge in [0.2, 0.25) is 0 Å². The highest BCUT2D eigenvalue weighted by molar-refractivity contribution is 5.31. The van der Waals surface area contributed by atoms with Crippen LogP contribution in [0.1, 0.15) is 57.6 Å². The molecule has 1 atom stereocenters. The molecule has 1 aliphatic heterocycles. The fraction of sp³-hybridized carbons (Fsp3) is 0.812. The highest BCUT2D eigenvalue weighted by atomic mass is 16.4. The number of aromatic nitrogens is 1. The molecule has 1 saturated carbocycles. The number of nitrogens with one attached hydrogen (secondary N) is 1. The summed E-state index contributed by atoms with van der Waals surface area (Å²) in [5, 5.41) is 3.38. The van der Waals surface area contributed by atoms with E-state index >= 15 is 0 Å². The van der Waals surface area contributed by atoms with Crippen molar-refractivity contribution >= 4 is 6.01 Å². The van der Waals surface area contributed by atoms with Gasteiger partial charge in [-0.05, 0) is 44.6 Å². The van der Waals surface area contributed by atoms with E-state index in [1.165, 1.54) is 38.5 Å². The van der Waals surface area contributed by atoms with E-state index in [0.717, 1.165) is 43.7 Å². The van der Waals surface area contributed by atoms with Gasteiger partial charge in [0.1, 0.15) is 6.26 Å². The first-order valence-corrected chi connectivity index (χ1v) is 8.30. The quantitative estimate of drug-likeness (QED) is 0.810. The van der Waals surface area contributed by atoms with Crippen LogP contribution >= 0.6 is 0 Å². The largest absolute Gasteiger partial charge is 0.432 e. The Morgan fingerprint density at radius 1 is 1.30 bits per heavy atom. The maximum Gasteiger partial charge on any atom is 0.297 e. The minimum atomic E-state index is 0.674. The second-order valence-corrected chi connectivity index (χ2v) is 6.25. The van der Waals surface area contributed by atoms with Crippen LogP contribution < -0.4 is 10.2 Å². The van der Waals surface area contributed by atoms with Crippen molar-refractivity contribution in [2.24, 2.45) is 5.92 Å². The topological polar surface area (TPSA) is 41.3 Å². The minimum absolute atomic E-state index is 0.674. The van der Waals surface area contributed by atoms with Gasteiger partial charge in [0.25, 0.3) is 6.01 Å². The normalized spacial score (nSPS) is 23.9. The lowest BCUT2D eigenvalue weighted by Crippen LogP contribution is -2.34. The summed E-state index contributed by atoms with van der Waals surface area (Å²) in [5.74, 6) is 0.867. The standard InChI is InChI=1S/C16H27N3O/c1-2-9-17-11-14-12-20-16(18-14)19-10-5-8-15(19)13-6-3-4-7-13/h12-13,15,17H,2-11H2,1H3. The molecule has 2 aliphatic rings. The fourth-order valence-electron chi connectivity index (χ4n) is 3.76. The van der Waals surface area contributed by atoms with E-state index in [9.17, 15) is 0 Å². The molecule has 0 aromatic carbocycles. The van der Waals surface area contributed by atoms with Gasteiger partial charge in [-0.3, -0.25) is 0 Å². The number of nitrogens with zero attached hydrogens (tertiary/aromatic N) is 2. The molecule has 1 N–H and O–H groups in total. The molecule has 0 amide bonds. The number of hydrogen-bond donors (Lipinski definition) is 1. The summed E-state index contributed by atoms with van der Waals surface area (Å²) in [7, 11) is 0. The third-order valence-electron chi connectivity index (χ3n) is 4.76. The summed E-state index contributed by atoms with van der Waals surface area (Å²) in [4.78, 5) is 7.11. The Morgan fingerprint density at radius 2 is 2.15 bits per heavy atom. The van der Waals surface area contributed by atoms with Crippen LogP contribution in [0, 0.1) is 5.92 Å². The summed E-state index contributed by atoms with van der Waals surface area (Å²) in [5.41, 5.74) is 1.03. The Labute approximate surface area is 121 Å². The fourth-order valence-corrected chi connectivity index (χ4v) is 3.76. The average Bonchev–Trinajstić information content (AvgIpc) is 3.19. The van der Waals surface area contributed by atoms with Gasteiger partial charge in [-0.1, -0.05) is 19.8 Å². The molecular weight excluding hydrogens is 250 g/mol. The van der Waals surface area contributed by atoms with Crippen LogP contribution in [0.25, 0.3) is 0 Å². The average molecular weight is 277 g/mol. The predicted octanol–water partition coefficient (Wildman–Crippen LogP) is 3.33. The van der Waals surface area contributed by atoms with Crippen molar-refractivity contribution in [1.82, 2.24) is 10.3 Å². The summed E-state index contributed by atoms with van der Waals surface area (Å²) in [6.45, 7) is 5.15. The van der Waals surface area contributed by atoms with Crippen LogP contribution in [0.2, 0.25) is 0 Å². The Balaban J connectivity index is 1.62. The highest BCUT2D eigenvalue weighted by Gasteiger charge is 2.35. The van der Waals surface area contributed by atoms with Crippen molar-refractivity contribution < 1.29 is 4.42 Å². The zero-order chi connectivity index (χ0) is 13.8. The van der Waals surface area contributed by atoms with E-state index in [-0.39, 0.29) is 0 Å². The summed E-state index contributed by atoms with van der Waals surface area (Å²) < 4.78 is 5.74. The monoisotopic (exact) mass is 277 g/mol. The summed E-state index contributed by atoms with van der Waals surface area (Å²) >= 11 is 0. The number of hydrogen-bond acceptors (Lipinski definition) is 4. The van der Waals surface area contributed by atoms with Crippen molar-refractivity contribution in [3.8, 4) is 0 Å². The van der Waals surface area contributed by atoms with Gasteiger partial charge in [0.15, 0.2) is 0 Å². The van der Waals surface area contributed by atoms with E-state index in [0.29, 0.717) is 6.04 Å². The van der Waals surface area contributed by atoms with E-state index in [1.54, 1.807) is 0 Å². The van der Waals surface area contributed by atoms with Crippen LogP contribution in [0.4, 0.5) is 6.01 Å². The van der Waals surface area contributed by atoms with Gasteiger partial charge >= 0.3 is 0 Å². The van der Waals surface area contributed by atoms with Gasteiger partial charge < -0.3 is 14.6 Å². The molecule has 2 fully saturated rings. The van der Waals surface area contributed by atoms with E-state index in [1.807, 2.05) is 6.26 Å². The third kappa shape index (κ3) is 3.00. The molecule has 112 valence electrons. The third-order valence-corrected chi connectivity index (χ3v) is 4.76. The molecule has 1 saturated heterocycles. The number of rotatable bonds is 6. The Kier molecular flexibility index (Phi) is 4.61. The highest BCUT2D eigenvalue weighted by Crippen LogP contribution is 2.37. The van der Waals surface area contributed by atoms with Crippen LogP contribution in [0.5, 0.6) is 0 Å². The van der Waals surface area contributed by atoms with Gasteiger partial charge in [-0.2, -0.15) is 4.98 Å². The van der Waals surface area contributed by atoms with Crippen molar-refractivity contribution in [2.75, 3.05) is 18.0 Å². The second-order valence-electron chi connectivity index (χ2n) is 6.25. The first-order chi connectivity index (χ1) is 9.88. The van der Waals surface area contributed by atoms with Gasteiger partial charge in [-0.15, -0.1) is 0 Å². The van der Waals surface area contributed by atoms with Crippen LogP contribution in [-0.2, 0) is 6.54 Å². The zero-order valence-corrected chi connectivity index (χ0v) is 12.6. The lowest BCUT2D eigenvalue weighted by Gasteiger charge is -2.27. The Hall–Kier alpha value is -1.03. The van der Waals surface area contributed by atoms with Crippen LogP contribution in [0.15, 0.2) is 10.7 Å². The van der Waals surface area contributed by atoms with Crippen molar-refractivity contribution in [2.45, 2.75) is 64.5 Å².